The quantitative estimate of drug-likeness (QED) is 0.399. The largest absolute Gasteiger partial charge is 0.336 e. The second kappa shape index (κ2) is 8.95. The summed E-state index contributed by atoms with van der Waals surface area (Å²) >= 11 is 1.41. The standard InChI is InChI=1S/C21H23FN8OS/c1-14-15(11-28(3)25-14)10-27(2)20(31)18-9-23-21(32-12-19-24-13-29(4)26-19)30(18)17-7-5-16(22)6-8-17/h5-9,11,13H,10,12H2,1-4H3. The Labute approximate surface area is 188 Å². The molecule has 0 saturated heterocycles. The Balaban J connectivity index is 1.64. The zero-order valence-electron chi connectivity index (χ0n) is 18.2. The van der Waals surface area contributed by atoms with Crippen molar-refractivity contribution in [1.82, 2.24) is 39.0 Å². The number of aryl methyl sites for hydroxylation is 3. The lowest BCUT2D eigenvalue weighted by Gasteiger charge is -2.18. The zero-order chi connectivity index (χ0) is 22.8. The molecule has 9 nitrogen and oxygen atoms in total. The topological polar surface area (TPSA) is 86.7 Å². The molecule has 4 rings (SSSR count). The number of rotatable bonds is 7. The van der Waals surface area contributed by atoms with Gasteiger partial charge in [0.05, 0.1) is 17.6 Å². The van der Waals surface area contributed by atoms with Crippen LogP contribution < -0.4 is 0 Å². The van der Waals surface area contributed by atoms with Crippen molar-refractivity contribution in [1.29, 1.82) is 0 Å². The van der Waals surface area contributed by atoms with Crippen molar-refractivity contribution in [3.63, 3.8) is 0 Å². The van der Waals surface area contributed by atoms with Gasteiger partial charge in [-0.2, -0.15) is 10.2 Å². The summed E-state index contributed by atoms with van der Waals surface area (Å²) in [5.41, 5.74) is 2.87. The van der Waals surface area contributed by atoms with Gasteiger partial charge < -0.3 is 4.90 Å². The number of aromatic nitrogens is 7. The minimum absolute atomic E-state index is 0.201. The SMILES string of the molecule is Cc1nn(C)cc1CN(C)C(=O)c1cnc(SCc2ncn(C)n2)n1-c1ccc(F)cc1. The van der Waals surface area contributed by atoms with Crippen molar-refractivity contribution in [3.05, 3.63) is 71.6 Å². The van der Waals surface area contributed by atoms with Gasteiger partial charge in [-0.05, 0) is 31.2 Å². The van der Waals surface area contributed by atoms with E-state index in [4.69, 9.17) is 0 Å². The molecule has 0 spiro atoms. The minimum atomic E-state index is -0.349. The summed E-state index contributed by atoms with van der Waals surface area (Å²) in [5, 5.41) is 9.22. The highest BCUT2D eigenvalue weighted by Crippen LogP contribution is 2.26. The third kappa shape index (κ3) is 4.57. The van der Waals surface area contributed by atoms with Gasteiger partial charge in [0, 0.05) is 45.1 Å². The van der Waals surface area contributed by atoms with Gasteiger partial charge in [-0.1, -0.05) is 11.8 Å². The maximum Gasteiger partial charge on any atom is 0.272 e. The van der Waals surface area contributed by atoms with Gasteiger partial charge in [-0.15, -0.1) is 0 Å². The first-order chi connectivity index (χ1) is 15.3. The van der Waals surface area contributed by atoms with Crippen molar-refractivity contribution in [3.8, 4) is 5.69 Å². The molecule has 0 aliphatic rings. The lowest BCUT2D eigenvalue weighted by Crippen LogP contribution is -2.28. The summed E-state index contributed by atoms with van der Waals surface area (Å²) in [6.07, 6.45) is 5.08. The normalized spacial score (nSPS) is 11.2. The second-order valence-corrected chi connectivity index (χ2v) is 8.38. The molecular formula is C21H23FN8OS. The average molecular weight is 455 g/mol. The van der Waals surface area contributed by atoms with Crippen molar-refractivity contribution in [2.24, 2.45) is 14.1 Å². The summed E-state index contributed by atoms with van der Waals surface area (Å²) in [6.45, 7) is 2.32. The average Bonchev–Trinajstić information content (AvgIpc) is 3.45. The van der Waals surface area contributed by atoms with E-state index in [1.165, 1.54) is 23.9 Å². The van der Waals surface area contributed by atoms with E-state index >= 15 is 0 Å². The molecule has 0 bridgehead atoms. The molecule has 4 aromatic rings. The van der Waals surface area contributed by atoms with E-state index in [0.717, 1.165) is 11.3 Å². The fraction of sp³-hybridized carbons (Fsp3) is 0.286. The van der Waals surface area contributed by atoms with Gasteiger partial charge in [0.15, 0.2) is 11.0 Å². The van der Waals surface area contributed by atoms with Gasteiger partial charge in [0.1, 0.15) is 17.8 Å². The lowest BCUT2D eigenvalue weighted by atomic mass is 10.2. The molecule has 0 fully saturated rings. The second-order valence-electron chi connectivity index (χ2n) is 7.44. The highest BCUT2D eigenvalue weighted by Gasteiger charge is 2.22. The third-order valence-electron chi connectivity index (χ3n) is 4.88. The number of amides is 1. The number of halogens is 1. The molecule has 166 valence electrons. The Morgan fingerprint density at radius 3 is 2.50 bits per heavy atom. The maximum atomic E-state index is 13.5. The molecule has 0 unspecified atom stereocenters. The van der Waals surface area contributed by atoms with Crippen molar-refractivity contribution < 1.29 is 9.18 Å². The van der Waals surface area contributed by atoms with Crippen molar-refractivity contribution >= 4 is 17.7 Å². The fourth-order valence-corrected chi connectivity index (χ4v) is 4.18. The highest BCUT2D eigenvalue weighted by atomic mass is 32.2. The predicted octanol–water partition coefficient (Wildman–Crippen LogP) is 2.75. The molecule has 0 aliphatic carbocycles. The first-order valence-electron chi connectivity index (χ1n) is 9.87. The monoisotopic (exact) mass is 454 g/mol. The number of hydrogen-bond acceptors (Lipinski definition) is 6. The molecule has 1 amide bonds. The Morgan fingerprint density at radius 1 is 1.12 bits per heavy atom. The smallest absolute Gasteiger partial charge is 0.272 e. The summed E-state index contributed by atoms with van der Waals surface area (Å²) in [6, 6.07) is 5.98. The summed E-state index contributed by atoms with van der Waals surface area (Å²) in [7, 11) is 5.39. The first-order valence-corrected chi connectivity index (χ1v) is 10.9. The molecule has 1 aromatic carbocycles. The molecule has 11 heteroatoms. The molecule has 0 N–H and O–H groups in total. The molecule has 0 radical (unpaired) electrons. The van der Waals surface area contributed by atoms with Gasteiger partial charge in [-0.3, -0.25) is 18.7 Å². The van der Waals surface area contributed by atoms with E-state index in [0.29, 0.717) is 34.7 Å². The van der Waals surface area contributed by atoms with Crippen LogP contribution in [0.1, 0.15) is 27.6 Å². The Morgan fingerprint density at radius 2 is 1.88 bits per heavy atom. The molecule has 32 heavy (non-hydrogen) atoms. The van der Waals surface area contributed by atoms with E-state index in [2.05, 4.69) is 20.2 Å². The third-order valence-corrected chi connectivity index (χ3v) is 5.83. The number of benzene rings is 1. The molecule has 0 atom stereocenters. The summed E-state index contributed by atoms with van der Waals surface area (Å²) in [5.74, 6) is 0.589. The van der Waals surface area contributed by atoms with Gasteiger partial charge in [0.2, 0.25) is 0 Å². The van der Waals surface area contributed by atoms with E-state index in [1.54, 1.807) is 57.6 Å². The van der Waals surface area contributed by atoms with E-state index in [-0.39, 0.29) is 11.7 Å². The van der Waals surface area contributed by atoms with Crippen LogP contribution in [0.15, 0.2) is 48.1 Å². The van der Waals surface area contributed by atoms with Gasteiger partial charge in [0.25, 0.3) is 5.91 Å². The number of imidazole rings is 1. The Kier molecular flexibility index (Phi) is 6.08. The molecule has 3 aromatic heterocycles. The predicted molar refractivity (Wildman–Crippen MR) is 118 cm³/mol. The van der Waals surface area contributed by atoms with Crippen LogP contribution in [0.4, 0.5) is 4.39 Å². The van der Waals surface area contributed by atoms with Crippen LogP contribution in [0.3, 0.4) is 0 Å². The highest BCUT2D eigenvalue weighted by molar-refractivity contribution is 7.98. The fourth-order valence-electron chi connectivity index (χ4n) is 3.33. The van der Waals surface area contributed by atoms with Crippen LogP contribution in [0.2, 0.25) is 0 Å². The number of carbonyl (C=O) groups is 1. The Bertz CT molecular complexity index is 1240. The Hall–Kier alpha value is -3.47. The molecule has 0 saturated carbocycles. The van der Waals surface area contributed by atoms with Crippen LogP contribution in [0, 0.1) is 12.7 Å². The minimum Gasteiger partial charge on any atom is -0.336 e. The summed E-state index contributed by atoms with van der Waals surface area (Å²) < 4.78 is 18.6. The van der Waals surface area contributed by atoms with Crippen LogP contribution in [0.25, 0.3) is 5.69 Å². The van der Waals surface area contributed by atoms with Crippen molar-refractivity contribution in [2.75, 3.05) is 7.05 Å². The van der Waals surface area contributed by atoms with Gasteiger partial charge in [-0.25, -0.2) is 14.4 Å². The lowest BCUT2D eigenvalue weighted by molar-refractivity contribution is 0.0776. The van der Waals surface area contributed by atoms with Crippen molar-refractivity contribution in [2.45, 2.75) is 24.4 Å². The molecule has 0 aliphatic heterocycles. The van der Waals surface area contributed by atoms with E-state index < -0.39 is 0 Å². The van der Waals surface area contributed by atoms with Crippen LogP contribution >= 0.6 is 11.8 Å². The zero-order valence-corrected chi connectivity index (χ0v) is 19.0. The number of carbonyl (C=O) groups excluding carboxylic acids is 1. The van der Waals surface area contributed by atoms with E-state index in [1.807, 2.05) is 20.2 Å². The van der Waals surface area contributed by atoms with Gasteiger partial charge >= 0.3 is 0 Å². The van der Waals surface area contributed by atoms with E-state index in [9.17, 15) is 9.18 Å². The first kappa shape index (κ1) is 21.8. The maximum absolute atomic E-state index is 13.5. The number of nitrogens with zero attached hydrogens (tertiary/aromatic N) is 8. The van der Waals surface area contributed by atoms with Crippen LogP contribution in [-0.2, 0) is 26.4 Å². The number of hydrogen-bond donors (Lipinski definition) is 0. The van der Waals surface area contributed by atoms with Crippen LogP contribution in [0.5, 0.6) is 0 Å². The van der Waals surface area contributed by atoms with Crippen LogP contribution in [-0.4, -0.2) is 52.0 Å². The molecule has 3 heterocycles. The number of thioether (sulfide) groups is 1. The summed E-state index contributed by atoms with van der Waals surface area (Å²) in [4.78, 5) is 23.7. The molecular weight excluding hydrogens is 431 g/mol.